The van der Waals surface area contributed by atoms with Crippen molar-refractivity contribution >= 4 is 45.6 Å². The third-order valence-corrected chi connectivity index (χ3v) is 4.77. The van der Waals surface area contributed by atoms with Crippen molar-refractivity contribution in [2.24, 2.45) is 5.73 Å². The topological polar surface area (TPSA) is 88.3 Å². The summed E-state index contributed by atoms with van der Waals surface area (Å²) in [7, 11) is 0. The Labute approximate surface area is 148 Å². The van der Waals surface area contributed by atoms with Gasteiger partial charge in [0.1, 0.15) is 5.69 Å². The number of hydrogen-bond donors (Lipinski definition) is 2. The summed E-state index contributed by atoms with van der Waals surface area (Å²) in [4.78, 5) is 29.7. The zero-order valence-corrected chi connectivity index (χ0v) is 14.4. The van der Waals surface area contributed by atoms with Crippen LogP contribution in [-0.2, 0) is 4.79 Å². The number of carbonyl (C=O) groups is 2. The van der Waals surface area contributed by atoms with Gasteiger partial charge in [0.25, 0.3) is 5.91 Å². The summed E-state index contributed by atoms with van der Waals surface area (Å²) in [6, 6.07) is 7.53. The van der Waals surface area contributed by atoms with E-state index in [1.165, 1.54) is 11.3 Å². The second kappa shape index (κ2) is 7.19. The predicted molar refractivity (Wildman–Crippen MR) is 94.7 cm³/mol. The van der Waals surface area contributed by atoms with Crippen molar-refractivity contribution in [3.63, 3.8) is 0 Å². The molecule has 0 unspecified atom stereocenters. The first-order valence-electron chi connectivity index (χ1n) is 7.61. The molecule has 1 aliphatic carbocycles. The van der Waals surface area contributed by atoms with Crippen LogP contribution in [0.5, 0.6) is 0 Å². The quantitative estimate of drug-likeness (QED) is 0.790. The van der Waals surface area contributed by atoms with Gasteiger partial charge in [-0.15, -0.1) is 11.3 Å². The molecule has 0 bridgehead atoms. The smallest absolute Gasteiger partial charge is 0.273 e. The average molecular weight is 365 g/mol. The average Bonchev–Trinajstić information content (AvgIpc) is 3.27. The zero-order valence-electron chi connectivity index (χ0n) is 12.9. The maximum atomic E-state index is 12.6. The number of carbonyl (C=O) groups excluding carboxylic acids is 2. The zero-order chi connectivity index (χ0) is 17.1. The molecule has 1 aromatic carbocycles. The number of nitrogens with one attached hydrogen (secondary N) is 1. The summed E-state index contributed by atoms with van der Waals surface area (Å²) in [5.74, 6) is -0.574. The molecule has 1 aromatic heterocycles. The minimum Gasteiger partial charge on any atom is -0.370 e. The molecule has 0 saturated heterocycles. The molecule has 24 heavy (non-hydrogen) atoms. The maximum absolute atomic E-state index is 12.6. The van der Waals surface area contributed by atoms with Gasteiger partial charge in [0.05, 0.1) is 10.7 Å². The van der Waals surface area contributed by atoms with Crippen molar-refractivity contribution in [3.05, 3.63) is 40.4 Å². The second-order valence-corrected chi connectivity index (χ2v) is 6.85. The van der Waals surface area contributed by atoms with E-state index in [4.69, 9.17) is 17.3 Å². The SMILES string of the molecule is NC(=O)CCN(C(=O)c1csc(Nc2ccccc2Cl)n1)C1CC1. The number of hydrogen-bond acceptors (Lipinski definition) is 5. The molecule has 1 heterocycles. The van der Waals surface area contributed by atoms with E-state index in [1.807, 2.05) is 18.2 Å². The molecule has 3 rings (SSSR count). The summed E-state index contributed by atoms with van der Waals surface area (Å²) in [5, 5.41) is 6.00. The van der Waals surface area contributed by atoms with Gasteiger partial charge < -0.3 is 16.0 Å². The van der Waals surface area contributed by atoms with Gasteiger partial charge >= 0.3 is 0 Å². The third kappa shape index (κ3) is 4.04. The van der Waals surface area contributed by atoms with Crippen LogP contribution in [0.1, 0.15) is 29.8 Å². The van der Waals surface area contributed by atoms with Crippen LogP contribution in [0.25, 0.3) is 0 Å². The van der Waals surface area contributed by atoms with Crippen LogP contribution in [0.15, 0.2) is 29.6 Å². The number of nitrogens with zero attached hydrogens (tertiary/aromatic N) is 2. The number of para-hydroxylation sites is 1. The highest BCUT2D eigenvalue weighted by molar-refractivity contribution is 7.14. The number of anilines is 2. The number of halogens is 1. The fourth-order valence-electron chi connectivity index (χ4n) is 2.32. The molecule has 2 amide bonds. The molecule has 6 nitrogen and oxygen atoms in total. The fourth-order valence-corrected chi connectivity index (χ4v) is 3.20. The minimum absolute atomic E-state index is 0.164. The molecule has 0 atom stereocenters. The first-order valence-corrected chi connectivity index (χ1v) is 8.86. The summed E-state index contributed by atoms with van der Waals surface area (Å²) in [5.41, 5.74) is 6.29. The van der Waals surface area contributed by atoms with Crippen molar-refractivity contribution in [3.8, 4) is 0 Å². The lowest BCUT2D eigenvalue weighted by Crippen LogP contribution is -2.36. The van der Waals surface area contributed by atoms with Crippen molar-refractivity contribution < 1.29 is 9.59 Å². The van der Waals surface area contributed by atoms with Crippen LogP contribution >= 0.6 is 22.9 Å². The highest BCUT2D eigenvalue weighted by Crippen LogP contribution is 2.30. The Bertz CT molecular complexity index is 760. The van der Waals surface area contributed by atoms with Gasteiger partial charge in [0, 0.05) is 24.4 Å². The molecule has 0 aliphatic heterocycles. The van der Waals surface area contributed by atoms with E-state index in [0.29, 0.717) is 22.4 Å². The van der Waals surface area contributed by atoms with E-state index in [-0.39, 0.29) is 18.4 Å². The van der Waals surface area contributed by atoms with E-state index in [1.54, 1.807) is 16.3 Å². The Hall–Kier alpha value is -2.12. The van der Waals surface area contributed by atoms with Crippen LogP contribution < -0.4 is 11.1 Å². The molecule has 1 saturated carbocycles. The lowest BCUT2D eigenvalue weighted by molar-refractivity contribution is -0.118. The van der Waals surface area contributed by atoms with Crippen LogP contribution in [-0.4, -0.2) is 34.3 Å². The normalized spacial score (nSPS) is 13.5. The molecule has 8 heteroatoms. The molecular weight excluding hydrogens is 348 g/mol. The summed E-state index contributed by atoms with van der Waals surface area (Å²) in [6.45, 7) is 0.337. The predicted octanol–water partition coefficient (Wildman–Crippen LogP) is 3.02. The first-order chi connectivity index (χ1) is 11.5. The Morgan fingerprint density at radius 2 is 2.12 bits per heavy atom. The Balaban J connectivity index is 1.70. The number of aromatic nitrogens is 1. The molecular formula is C16H17ClN4O2S. The van der Waals surface area contributed by atoms with Gasteiger partial charge in [-0.2, -0.15) is 0 Å². The highest BCUT2D eigenvalue weighted by atomic mass is 35.5. The van der Waals surface area contributed by atoms with Crippen LogP contribution in [0.3, 0.4) is 0 Å². The Morgan fingerprint density at radius 3 is 2.79 bits per heavy atom. The lowest BCUT2D eigenvalue weighted by atomic mass is 10.3. The maximum Gasteiger partial charge on any atom is 0.273 e. The van der Waals surface area contributed by atoms with Crippen molar-refractivity contribution in [1.29, 1.82) is 0 Å². The number of primary amides is 1. The van der Waals surface area contributed by atoms with Crippen molar-refractivity contribution in [2.45, 2.75) is 25.3 Å². The van der Waals surface area contributed by atoms with E-state index in [9.17, 15) is 9.59 Å². The van der Waals surface area contributed by atoms with E-state index < -0.39 is 5.91 Å². The summed E-state index contributed by atoms with van der Waals surface area (Å²) >= 11 is 7.45. The number of rotatable bonds is 7. The number of thiazole rings is 1. The molecule has 2 aromatic rings. The van der Waals surface area contributed by atoms with Gasteiger partial charge in [-0.05, 0) is 25.0 Å². The van der Waals surface area contributed by atoms with Crippen LogP contribution in [0.2, 0.25) is 5.02 Å². The lowest BCUT2D eigenvalue weighted by Gasteiger charge is -2.20. The Morgan fingerprint density at radius 1 is 1.38 bits per heavy atom. The molecule has 126 valence electrons. The van der Waals surface area contributed by atoms with E-state index in [0.717, 1.165) is 18.5 Å². The number of amides is 2. The van der Waals surface area contributed by atoms with E-state index >= 15 is 0 Å². The van der Waals surface area contributed by atoms with E-state index in [2.05, 4.69) is 10.3 Å². The summed E-state index contributed by atoms with van der Waals surface area (Å²) < 4.78 is 0. The molecule has 1 aliphatic rings. The van der Waals surface area contributed by atoms with Crippen molar-refractivity contribution in [1.82, 2.24) is 9.88 Å². The highest BCUT2D eigenvalue weighted by Gasteiger charge is 2.33. The number of benzene rings is 1. The second-order valence-electron chi connectivity index (χ2n) is 5.59. The molecule has 0 spiro atoms. The molecule has 1 fully saturated rings. The third-order valence-electron chi connectivity index (χ3n) is 3.69. The van der Waals surface area contributed by atoms with Gasteiger partial charge in [-0.3, -0.25) is 9.59 Å². The minimum atomic E-state index is -0.409. The van der Waals surface area contributed by atoms with Gasteiger partial charge in [-0.1, -0.05) is 23.7 Å². The summed E-state index contributed by atoms with van der Waals surface area (Å²) in [6.07, 6.45) is 2.08. The van der Waals surface area contributed by atoms with Crippen LogP contribution in [0, 0.1) is 0 Å². The first kappa shape index (κ1) is 16.7. The van der Waals surface area contributed by atoms with Crippen LogP contribution in [0.4, 0.5) is 10.8 Å². The van der Waals surface area contributed by atoms with Gasteiger partial charge in [0.15, 0.2) is 5.13 Å². The number of nitrogens with two attached hydrogens (primary N) is 1. The largest absolute Gasteiger partial charge is 0.370 e. The van der Waals surface area contributed by atoms with Gasteiger partial charge in [0.2, 0.25) is 5.91 Å². The van der Waals surface area contributed by atoms with Crippen molar-refractivity contribution in [2.75, 3.05) is 11.9 Å². The van der Waals surface area contributed by atoms with Gasteiger partial charge in [-0.25, -0.2) is 4.98 Å². The molecule has 0 radical (unpaired) electrons. The standard InChI is InChI=1S/C16H17ClN4O2S/c17-11-3-1-2-4-12(11)19-16-20-13(9-24-16)15(23)21(10-5-6-10)8-7-14(18)22/h1-4,9-10H,5-8H2,(H2,18,22)(H,19,20). The monoisotopic (exact) mass is 364 g/mol. The molecule has 3 N–H and O–H groups in total. The Kier molecular flexibility index (Phi) is 5.01. The fraction of sp³-hybridized carbons (Fsp3) is 0.312.